The van der Waals surface area contributed by atoms with E-state index in [9.17, 15) is 14.9 Å². The zero-order valence-electron chi connectivity index (χ0n) is 11.5. The van der Waals surface area contributed by atoms with Crippen molar-refractivity contribution >= 4 is 28.6 Å². The van der Waals surface area contributed by atoms with Gasteiger partial charge in [-0.05, 0) is 32.0 Å². The van der Waals surface area contributed by atoms with Gasteiger partial charge in [-0.25, -0.2) is 5.43 Å². The molecule has 0 aliphatic rings. The van der Waals surface area contributed by atoms with Crippen LogP contribution in [-0.2, 0) is 0 Å². The summed E-state index contributed by atoms with van der Waals surface area (Å²) in [6.07, 6.45) is 0. The summed E-state index contributed by atoms with van der Waals surface area (Å²) in [7, 11) is 0. The number of nitro groups is 1. The lowest BCUT2D eigenvalue weighted by Crippen LogP contribution is -2.19. The maximum absolute atomic E-state index is 11.9. The molecule has 21 heavy (non-hydrogen) atoms. The second-order valence-corrected chi connectivity index (χ2v) is 5.64. The molecule has 0 radical (unpaired) electrons. The van der Waals surface area contributed by atoms with Gasteiger partial charge in [0, 0.05) is 22.6 Å². The van der Waals surface area contributed by atoms with E-state index < -0.39 is 10.8 Å². The first kappa shape index (κ1) is 14.9. The Kier molecular flexibility index (Phi) is 4.44. The highest BCUT2D eigenvalue weighted by molar-refractivity contribution is 7.14. The molecule has 0 unspecified atom stereocenters. The van der Waals surface area contributed by atoms with Gasteiger partial charge in [-0.2, -0.15) is 5.10 Å². The number of carbonyl (C=O) groups is 1. The Morgan fingerprint density at radius 3 is 2.71 bits per heavy atom. The molecule has 1 aromatic carbocycles. The molecular weight excluding hydrogens is 290 g/mol. The van der Waals surface area contributed by atoms with Gasteiger partial charge >= 0.3 is 0 Å². The van der Waals surface area contributed by atoms with Gasteiger partial charge in [0.2, 0.25) is 0 Å². The van der Waals surface area contributed by atoms with Gasteiger partial charge in [-0.1, -0.05) is 6.07 Å². The third-order valence-corrected chi connectivity index (χ3v) is 3.85. The van der Waals surface area contributed by atoms with Gasteiger partial charge in [0.25, 0.3) is 11.6 Å². The van der Waals surface area contributed by atoms with Gasteiger partial charge in [-0.15, -0.1) is 11.3 Å². The first-order valence-corrected chi connectivity index (χ1v) is 6.95. The van der Waals surface area contributed by atoms with Crippen LogP contribution in [-0.4, -0.2) is 16.5 Å². The van der Waals surface area contributed by atoms with Crippen molar-refractivity contribution in [1.82, 2.24) is 5.43 Å². The Hall–Kier alpha value is -2.54. The molecule has 1 amide bonds. The number of nitrogens with zero attached hydrogens (tertiary/aromatic N) is 2. The van der Waals surface area contributed by atoms with Crippen molar-refractivity contribution in [3.8, 4) is 0 Å². The van der Waals surface area contributed by atoms with E-state index in [0.717, 1.165) is 9.75 Å². The number of non-ortho nitro benzene ring substituents is 1. The summed E-state index contributed by atoms with van der Waals surface area (Å²) in [5.74, 6) is -0.480. The molecule has 0 aliphatic carbocycles. The Morgan fingerprint density at radius 2 is 2.10 bits per heavy atom. The second-order valence-electron chi connectivity index (χ2n) is 4.36. The van der Waals surface area contributed by atoms with Crippen LogP contribution in [0.3, 0.4) is 0 Å². The Labute approximate surface area is 125 Å². The number of aryl methyl sites for hydroxylation is 1. The number of benzene rings is 1. The monoisotopic (exact) mass is 303 g/mol. The maximum Gasteiger partial charge on any atom is 0.271 e. The highest BCUT2D eigenvalue weighted by Crippen LogP contribution is 2.16. The minimum absolute atomic E-state index is 0.128. The van der Waals surface area contributed by atoms with Gasteiger partial charge in [0.05, 0.1) is 15.5 Å². The zero-order valence-corrected chi connectivity index (χ0v) is 12.3. The zero-order chi connectivity index (χ0) is 15.4. The van der Waals surface area contributed by atoms with Crippen molar-refractivity contribution in [2.45, 2.75) is 13.8 Å². The fraction of sp³-hybridized carbons (Fsp3) is 0.143. The number of nitrogens with one attached hydrogen (secondary N) is 1. The van der Waals surface area contributed by atoms with E-state index >= 15 is 0 Å². The Bertz CT molecular complexity index is 722. The van der Waals surface area contributed by atoms with Crippen LogP contribution in [0.2, 0.25) is 0 Å². The molecule has 1 heterocycles. The SMILES string of the molecule is C/C(=N/NC(=O)c1cccc([N+](=O)[O-])c1)c1ccc(C)s1. The Morgan fingerprint density at radius 1 is 1.33 bits per heavy atom. The number of carbonyl (C=O) groups excluding carboxylic acids is 1. The molecule has 0 saturated carbocycles. The van der Waals surface area contributed by atoms with Crippen LogP contribution in [0, 0.1) is 17.0 Å². The topological polar surface area (TPSA) is 84.6 Å². The van der Waals surface area contributed by atoms with E-state index in [4.69, 9.17) is 0 Å². The average molecular weight is 303 g/mol. The van der Waals surface area contributed by atoms with Crippen molar-refractivity contribution in [2.75, 3.05) is 0 Å². The maximum atomic E-state index is 11.9. The van der Waals surface area contributed by atoms with Crippen molar-refractivity contribution in [3.05, 3.63) is 61.8 Å². The largest absolute Gasteiger partial charge is 0.271 e. The number of amides is 1. The standard InChI is InChI=1S/C14H13N3O3S/c1-9-6-7-13(21-9)10(2)15-16-14(18)11-4-3-5-12(8-11)17(19)20/h3-8H,1-2H3,(H,16,18)/b15-10-. The van der Waals surface area contributed by atoms with E-state index in [0.29, 0.717) is 5.71 Å². The first-order chi connectivity index (χ1) is 9.97. The van der Waals surface area contributed by atoms with Gasteiger partial charge in [0.1, 0.15) is 0 Å². The normalized spacial score (nSPS) is 11.2. The summed E-state index contributed by atoms with van der Waals surface area (Å²) in [5.41, 5.74) is 3.16. The van der Waals surface area contributed by atoms with Gasteiger partial charge < -0.3 is 0 Å². The average Bonchev–Trinajstić information content (AvgIpc) is 2.91. The molecule has 0 spiro atoms. The highest BCUT2D eigenvalue weighted by atomic mass is 32.1. The fourth-order valence-electron chi connectivity index (χ4n) is 1.64. The number of nitro benzene ring substituents is 1. The lowest BCUT2D eigenvalue weighted by Gasteiger charge is -2.01. The van der Waals surface area contributed by atoms with Crippen molar-refractivity contribution < 1.29 is 9.72 Å². The molecule has 1 N–H and O–H groups in total. The highest BCUT2D eigenvalue weighted by Gasteiger charge is 2.11. The molecule has 7 heteroatoms. The molecule has 0 bridgehead atoms. The van der Waals surface area contributed by atoms with Crippen molar-refractivity contribution in [3.63, 3.8) is 0 Å². The number of thiophene rings is 1. The molecule has 0 saturated heterocycles. The summed E-state index contributed by atoms with van der Waals surface area (Å²) in [5, 5.41) is 14.7. The molecule has 0 atom stereocenters. The summed E-state index contributed by atoms with van der Waals surface area (Å²) < 4.78 is 0. The summed E-state index contributed by atoms with van der Waals surface area (Å²) in [4.78, 5) is 24.2. The molecule has 6 nitrogen and oxygen atoms in total. The first-order valence-electron chi connectivity index (χ1n) is 6.13. The smallest absolute Gasteiger partial charge is 0.267 e. The number of hydrogen-bond donors (Lipinski definition) is 1. The van der Waals surface area contributed by atoms with E-state index in [1.54, 1.807) is 18.3 Å². The number of hydrazone groups is 1. The molecule has 2 rings (SSSR count). The third kappa shape index (κ3) is 3.73. The minimum Gasteiger partial charge on any atom is -0.267 e. The van der Waals surface area contributed by atoms with E-state index in [1.807, 2.05) is 19.1 Å². The lowest BCUT2D eigenvalue weighted by molar-refractivity contribution is -0.384. The molecule has 0 fully saturated rings. The number of hydrogen-bond acceptors (Lipinski definition) is 5. The molecule has 2 aromatic rings. The minimum atomic E-state index is -0.542. The van der Waals surface area contributed by atoms with Crippen LogP contribution in [0.15, 0.2) is 41.5 Å². The van der Waals surface area contributed by atoms with E-state index in [1.165, 1.54) is 24.3 Å². The van der Waals surface area contributed by atoms with Gasteiger partial charge in [0.15, 0.2) is 0 Å². The summed E-state index contributed by atoms with van der Waals surface area (Å²) >= 11 is 1.58. The van der Waals surface area contributed by atoms with Gasteiger partial charge in [-0.3, -0.25) is 14.9 Å². The predicted octanol–water partition coefficient (Wildman–Crippen LogP) is 3.12. The van der Waals surface area contributed by atoms with Crippen LogP contribution in [0.5, 0.6) is 0 Å². The lowest BCUT2D eigenvalue weighted by atomic mass is 10.2. The molecule has 1 aromatic heterocycles. The van der Waals surface area contributed by atoms with Crippen LogP contribution in [0.1, 0.15) is 27.0 Å². The quantitative estimate of drug-likeness (QED) is 0.535. The van der Waals surface area contributed by atoms with Crippen molar-refractivity contribution in [2.24, 2.45) is 5.10 Å². The van der Waals surface area contributed by atoms with Crippen molar-refractivity contribution in [1.29, 1.82) is 0 Å². The Balaban J connectivity index is 2.11. The predicted molar refractivity (Wildman–Crippen MR) is 81.8 cm³/mol. The van der Waals surface area contributed by atoms with Crippen LogP contribution < -0.4 is 5.43 Å². The number of rotatable bonds is 4. The van der Waals surface area contributed by atoms with Crippen LogP contribution in [0.25, 0.3) is 0 Å². The van der Waals surface area contributed by atoms with Crippen LogP contribution >= 0.6 is 11.3 Å². The second kappa shape index (κ2) is 6.27. The molecule has 108 valence electrons. The summed E-state index contributed by atoms with van der Waals surface area (Å²) in [6, 6.07) is 9.42. The molecule has 0 aliphatic heterocycles. The van der Waals surface area contributed by atoms with E-state index in [2.05, 4.69) is 10.5 Å². The third-order valence-electron chi connectivity index (χ3n) is 2.74. The van der Waals surface area contributed by atoms with E-state index in [-0.39, 0.29) is 11.3 Å². The fourth-order valence-corrected chi connectivity index (χ4v) is 2.46. The molecular formula is C14H13N3O3S. The summed E-state index contributed by atoms with van der Waals surface area (Å²) in [6.45, 7) is 3.78. The van der Waals surface area contributed by atoms with Crippen LogP contribution in [0.4, 0.5) is 5.69 Å².